The summed E-state index contributed by atoms with van der Waals surface area (Å²) in [7, 11) is 0. The lowest BCUT2D eigenvalue weighted by Crippen LogP contribution is -2.16. The van der Waals surface area contributed by atoms with Gasteiger partial charge in [0.15, 0.2) is 0 Å². The maximum atomic E-state index is 5.74. The highest BCUT2D eigenvalue weighted by molar-refractivity contribution is 7.15. The highest BCUT2D eigenvalue weighted by Gasteiger charge is 2.05. The van der Waals surface area contributed by atoms with Gasteiger partial charge in [0.2, 0.25) is 0 Å². The van der Waals surface area contributed by atoms with Crippen molar-refractivity contribution in [1.29, 1.82) is 0 Å². The molecule has 1 atom stereocenters. The second-order valence-electron chi connectivity index (χ2n) is 3.42. The van der Waals surface area contributed by atoms with E-state index in [9.17, 15) is 0 Å². The molecule has 0 amide bonds. The first-order valence-corrected chi connectivity index (χ1v) is 5.41. The molecule has 3 N–H and O–H groups in total. The summed E-state index contributed by atoms with van der Waals surface area (Å²) in [6, 6.07) is 6.44. The molecule has 0 radical (unpaired) electrons. The molecule has 0 aromatic carbocycles. The van der Waals surface area contributed by atoms with Crippen LogP contribution in [0, 0.1) is 0 Å². The van der Waals surface area contributed by atoms with Crippen molar-refractivity contribution in [3.8, 4) is 10.6 Å². The van der Waals surface area contributed by atoms with E-state index in [4.69, 9.17) is 5.73 Å². The van der Waals surface area contributed by atoms with Crippen LogP contribution in [0.25, 0.3) is 10.6 Å². The highest BCUT2D eigenvalue weighted by Crippen LogP contribution is 2.26. The molecule has 4 heteroatoms. The molecule has 2 aromatic heterocycles. The third kappa shape index (κ3) is 2.02. The lowest BCUT2D eigenvalue weighted by molar-refractivity contribution is 0.746. The first-order chi connectivity index (χ1) is 6.75. The average Bonchev–Trinajstić information content (AvgIpc) is 2.69. The minimum atomic E-state index is 0.225. The van der Waals surface area contributed by atoms with E-state index < -0.39 is 0 Å². The van der Waals surface area contributed by atoms with Crippen molar-refractivity contribution in [1.82, 2.24) is 10.2 Å². The Morgan fingerprint density at radius 1 is 1.50 bits per heavy atom. The highest BCUT2D eigenvalue weighted by atomic mass is 32.1. The molecule has 0 aliphatic heterocycles. The fourth-order valence-electron chi connectivity index (χ4n) is 1.34. The molecule has 3 nitrogen and oxygen atoms in total. The van der Waals surface area contributed by atoms with E-state index in [1.807, 2.05) is 13.0 Å². The van der Waals surface area contributed by atoms with Crippen LogP contribution < -0.4 is 5.73 Å². The second-order valence-corrected chi connectivity index (χ2v) is 4.59. The SMILES string of the molecule is CC(N)Cc1ccc(-c2ccn[nH]2)s1. The van der Waals surface area contributed by atoms with Gasteiger partial charge in [-0.25, -0.2) is 0 Å². The Bertz CT molecular complexity index is 389. The van der Waals surface area contributed by atoms with Crippen molar-refractivity contribution in [3.63, 3.8) is 0 Å². The summed E-state index contributed by atoms with van der Waals surface area (Å²) in [6.45, 7) is 2.02. The Hall–Kier alpha value is -1.13. The van der Waals surface area contributed by atoms with Gasteiger partial charge in [-0.3, -0.25) is 5.10 Å². The van der Waals surface area contributed by atoms with Crippen LogP contribution >= 0.6 is 11.3 Å². The lowest BCUT2D eigenvalue weighted by atomic mass is 10.2. The lowest BCUT2D eigenvalue weighted by Gasteiger charge is -1.99. The Morgan fingerprint density at radius 2 is 2.36 bits per heavy atom. The first-order valence-electron chi connectivity index (χ1n) is 4.60. The predicted octanol–water partition coefficient (Wildman–Crippen LogP) is 2.03. The minimum Gasteiger partial charge on any atom is -0.328 e. The van der Waals surface area contributed by atoms with Crippen LogP contribution in [0.3, 0.4) is 0 Å². The summed E-state index contributed by atoms with van der Waals surface area (Å²) in [6.07, 6.45) is 2.71. The van der Waals surface area contributed by atoms with Crippen molar-refractivity contribution < 1.29 is 0 Å². The Morgan fingerprint density at radius 3 is 3.00 bits per heavy atom. The number of rotatable bonds is 3. The third-order valence-corrected chi connectivity index (χ3v) is 3.09. The van der Waals surface area contributed by atoms with Crippen LogP contribution in [-0.2, 0) is 6.42 Å². The van der Waals surface area contributed by atoms with E-state index in [-0.39, 0.29) is 6.04 Å². The van der Waals surface area contributed by atoms with Crippen molar-refractivity contribution in [2.75, 3.05) is 0 Å². The summed E-state index contributed by atoms with van der Waals surface area (Å²) in [4.78, 5) is 2.54. The van der Waals surface area contributed by atoms with Crippen LogP contribution in [0.15, 0.2) is 24.4 Å². The van der Waals surface area contributed by atoms with E-state index in [1.54, 1.807) is 17.5 Å². The van der Waals surface area contributed by atoms with E-state index in [1.165, 1.54) is 9.75 Å². The fourth-order valence-corrected chi connectivity index (χ4v) is 2.47. The van der Waals surface area contributed by atoms with Gasteiger partial charge in [0.25, 0.3) is 0 Å². The molecule has 0 saturated carbocycles. The van der Waals surface area contributed by atoms with Crippen molar-refractivity contribution in [3.05, 3.63) is 29.3 Å². The number of hydrogen-bond donors (Lipinski definition) is 2. The predicted molar refractivity (Wildman–Crippen MR) is 59.3 cm³/mol. The number of aromatic nitrogens is 2. The fraction of sp³-hybridized carbons (Fsp3) is 0.300. The molecular weight excluding hydrogens is 194 g/mol. The molecule has 0 aliphatic carbocycles. The second kappa shape index (κ2) is 3.94. The largest absolute Gasteiger partial charge is 0.328 e. The molecule has 0 bridgehead atoms. The molecule has 2 aromatic rings. The molecule has 2 rings (SSSR count). The first kappa shape index (κ1) is 9.43. The molecule has 74 valence electrons. The molecule has 1 unspecified atom stereocenters. The topological polar surface area (TPSA) is 54.7 Å². The minimum absolute atomic E-state index is 0.225. The quantitative estimate of drug-likeness (QED) is 0.809. The maximum Gasteiger partial charge on any atom is 0.0749 e. The van der Waals surface area contributed by atoms with Crippen LogP contribution in [0.4, 0.5) is 0 Å². The maximum absolute atomic E-state index is 5.74. The van der Waals surface area contributed by atoms with Gasteiger partial charge in [0.05, 0.1) is 10.6 Å². The Kier molecular flexibility index (Phi) is 2.65. The molecule has 14 heavy (non-hydrogen) atoms. The van der Waals surface area contributed by atoms with Gasteiger partial charge in [0, 0.05) is 17.1 Å². The Labute approximate surface area is 87.0 Å². The molecule has 0 fully saturated rings. The van der Waals surface area contributed by atoms with Crippen LogP contribution in [0.5, 0.6) is 0 Å². The third-order valence-electron chi connectivity index (χ3n) is 1.95. The van der Waals surface area contributed by atoms with Gasteiger partial charge in [-0.15, -0.1) is 11.3 Å². The average molecular weight is 207 g/mol. The standard InChI is InChI=1S/C10H13N3S/c1-7(11)6-8-2-3-10(14-8)9-4-5-12-13-9/h2-5,7H,6,11H2,1H3,(H,12,13). The van der Waals surface area contributed by atoms with Crippen molar-refractivity contribution >= 4 is 11.3 Å². The zero-order valence-corrected chi connectivity index (χ0v) is 8.84. The van der Waals surface area contributed by atoms with Gasteiger partial charge in [-0.1, -0.05) is 0 Å². The number of thiophene rings is 1. The summed E-state index contributed by atoms with van der Waals surface area (Å²) in [5.74, 6) is 0. The van der Waals surface area contributed by atoms with Gasteiger partial charge < -0.3 is 5.73 Å². The summed E-state index contributed by atoms with van der Waals surface area (Å²) < 4.78 is 0. The number of nitrogens with zero attached hydrogens (tertiary/aromatic N) is 1. The summed E-state index contributed by atoms with van der Waals surface area (Å²) in [5, 5.41) is 6.87. The number of hydrogen-bond acceptors (Lipinski definition) is 3. The van der Waals surface area contributed by atoms with Gasteiger partial charge in [-0.05, 0) is 31.5 Å². The number of nitrogens with one attached hydrogen (secondary N) is 1. The monoisotopic (exact) mass is 207 g/mol. The number of nitrogens with two attached hydrogens (primary N) is 1. The molecule has 0 aliphatic rings. The zero-order chi connectivity index (χ0) is 9.97. The van der Waals surface area contributed by atoms with Gasteiger partial charge in [0.1, 0.15) is 0 Å². The smallest absolute Gasteiger partial charge is 0.0749 e. The van der Waals surface area contributed by atoms with E-state index in [0.717, 1.165) is 12.1 Å². The van der Waals surface area contributed by atoms with Crippen LogP contribution in [0.1, 0.15) is 11.8 Å². The number of H-pyrrole nitrogens is 1. The molecule has 0 spiro atoms. The van der Waals surface area contributed by atoms with Crippen molar-refractivity contribution in [2.24, 2.45) is 5.73 Å². The van der Waals surface area contributed by atoms with E-state index in [0.29, 0.717) is 0 Å². The zero-order valence-electron chi connectivity index (χ0n) is 8.03. The van der Waals surface area contributed by atoms with E-state index in [2.05, 4.69) is 22.3 Å². The van der Waals surface area contributed by atoms with Crippen LogP contribution in [-0.4, -0.2) is 16.2 Å². The van der Waals surface area contributed by atoms with Gasteiger partial charge in [-0.2, -0.15) is 5.10 Å². The number of aromatic amines is 1. The summed E-state index contributed by atoms with van der Waals surface area (Å²) >= 11 is 1.77. The summed E-state index contributed by atoms with van der Waals surface area (Å²) in [5.41, 5.74) is 6.81. The Balaban J connectivity index is 2.18. The molecular formula is C10H13N3S. The van der Waals surface area contributed by atoms with Gasteiger partial charge >= 0.3 is 0 Å². The normalized spacial score (nSPS) is 13.0. The van der Waals surface area contributed by atoms with Crippen molar-refractivity contribution in [2.45, 2.75) is 19.4 Å². The molecule has 2 heterocycles. The van der Waals surface area contributed by atoms with E-state index >= 15 is 0 Å². The molecule has 0 saturated heterocycles. The van der Waals surface area contributed by atoms with Crippen LogP contribution in [0.2, 0.25) is 0 Å².